The van der Waals surface area contributed by atoms with Crippen LogP contribution in [0.5, 0.6) is 0 Å². The molecule has 0 aromatic heterocycles. The van der Waals surface area contributed by atoms with Crippen molar-refractivity contribution in [2.45, 2.75) is 103 Å². The van der Waals surface area contributed by atoms with Crippen LogP contribution in [0.25, 0.3) is 16.9 Å². The van der Waals surface area contributed by atoms with Gasteiger partial charge in [-0.1, -0.05) is 77.1 Å². The fourth-order valence-electron chi connectivity index (χ4n) is 4.48. The third kappa shape index (κ3) is 9.19. The van der Waals surface area contributed by atoms with E-state index in [4.69, 9.17) is 0 Å². The van der Waals surface area contributed by atoms with Gasteiger partial charge in [-0.15, -0.1) is 0 Å². The fourth-order valence-corrected chi connectivity index (χ4v) is 4.48. The van der Waals surface area contributed by atoms with Crippen molar-refractivity contribution in [2.75, 3.05) is 0 Å². The van der Waals surface area contributed by atoms with E-state index in [0.29, 0.717) is 0 Å². The van der Waals surface area contributed by atoms with Crippen LogP contribution in [-0.4, -0.2) is 4.70 Å². The van der Waals surface area contributed by atoms with Crippen LogP contribution in [0.3, 0.4) is 0 Å². The molecule has 2 aromatic carbocycles. The molecule has 35 heavy (non-hydrogen) atoms. The molecule has 0 N–H and O–H groups in total. The molecule has 0 radical (unpaired) electrons. The van der Waals surface area contributed by atoms with Gasteiger partial charge in [-0.2, -0.15) is 0 Å². The summed E-state index contributed by atoms with van der Waals surface area (Å²) in [5, 5.41) is 0. The second-order valence-corrected chi connectivity index (χ2v) is 10.4. The second-order valence-electron chi connectivity index (χ2n) is 9.45. The third-order valence-electron chi connectivity index (χ3n) is 6.44. The van der Waals surface area contributed by atoms with E-state index in [9.17, 15) is 5.53 Å². The van der Waals surface area contributed by atoms with E-state index in [1.807, 2.05) is 0 Å². The van der Waals surface area contributed by atoms with Gasteiger partial charge in [0.1, 0.15) is 0 Å². The van der Waals surface area contributed by atoms with Gasteiger partial charge in [0.15, 0.2) is 0 Å². The molecular formula is C32H46N2Ni. The van der Waals surface area contributed by atoms with Crippen molar-refractivity contribution in [3.63, 3.8) is 0 Å². The Labute approximate surface area is 221 Å². The van der Waals surface area contributed by atoms with Crippen LogP contribution < -0.4 is 0 Å². The summed E-state index contributed by atoms with van der Waals surface area (Å²) in [6, 6.07) is 17.5. The van der Waals surface area contributed by atoms with Crippen LogP contribution in [0, 0.1) is 0 Å². The van der Waals surface area contributed by atoms with E-state index in [1.165, 1.54) is 59.9 Å². The SMILES string of the molecule is CCCCCCc1cccc(C2=C(CCCC)C=C(c3ccc(CCCC)cc3)[N+]2=[N-])c1.[CH3][Ni][CH3]. The predicted molar refractivity (Wildman–Crippen MR) is 149 cm³/mol. The van der Waals surface area contributed by atoms with E-state index in [2.05, 4.69) is 87.2 Å². The van der Waals surface area contributed by atoms with Crippen molar-refractivity contribution >= 4 is 11.4 Å². The molecule has 0 fully saturated rings. The summed E-state index contributed by atoms with van der Waals surface area (Å²) in [7, 11) is 0. The number of aryl methyl sites for hydroxylation is 2. The molecule has 0 aliphatic carbocycles. The summed E-state index contributed by atoms with van der Waals surface area (Å²) in [4.78, 5) is 0. The molecule has 2 nitrogen and oxygen atoms in total. The molecular weight excluding hydrogens is 471 g/mol. The zero-order chi connectivity index (χ0) is 25.5. The van der Waals surface area contributed by atoms with Gasteiger partial charge in [0, 0.05) is 22.8 Å². The molecule has 0 spiro atoms. The standard InChI is InChI=1S/C30H40N2.2CH3.Ni/c1-4-7-10-11-14-25-15-12-17-27(22-25)30-28(16-9-6-3)23-29(32(30)31)26-20-18-24(19-21-26)13-8-5-2;;;/h12,15,17-23H,4-11,13-14,16H2,1-3H3;2*1H3;. The number of hydrogen-bond donors (Lipinski definition) is 0. The first-order chi connectivity index (χ1) is 17.1. The Hall–Kier alpha value is -1.99. The summed E-state index contributed by atoms with van der Waals surface area (Å²) in [5.74, 6) is 4.12. The number of hydrogen-bond acceptors (Lipinski definition) is 0. The molecule has 0 saturated heterocycles. The third-order valence-corrected chi connectivity index (χ3v) is 6.44. The van der Waals surface area contributed by atoms with E-state index in [1.54, 1.807) is 14.4 Å². The van der Waals surface area contributed by atoms with E-state index in [-0.39, 0.29) is 0 Å². The molecule has 1 aliphatic rings. The Bertz CT molecular complexity index is 969. The molecule has 0 bridgehead atoms. The first-order valence-electron chi connectivity index (χ1n) is 13.4. The van der Waals surface area contributed by atoms with Crippen molar-refractivity contribution < 1.29 is 19.1 Å². The number of allylic oxidation sites excluding steroid dienone is 2. The Kier molecular flexibility index (Phi) is 13.9. The van der Waals surface area contributed by atoms with Crippen molar-refractivity contribution in [1.29, 1.82) is 0 Å². The number of rotatable bonds is 13. The Morgan fingerprint density at radius 1 is 0.686 bits per heavy atom. The molecule has 2 aromatic rings. The van der Waals surface area contributed by atoms with Gasteiger partial charge >= 0.3 is 26.2 Å². The average Bonchev–Trinajstić information content (AvgIpc) is 3.21. The summed E-state index contributed by atoms with van der Waals surface area (Å²) in [6.07, 6.45) is 15.2. The summed E-state index contributed by atoms with van der Waals surface area (Å²) in [5.41, 5.74) is 19.3. The molecule has 194 valence electrons. The fraction of sp³-hybridized carbons (Fsp3) is 0.500. The van der Waals surface area contributed by atoms with Crippen LogP contribution >= 0.6 is 0 Å². The van der Waals surface area contributed by atoms with Gasteiger partial charge in [0.05, 0.1) is 0 Å². The Balaban J connectivity index is 0.00000137. The van der Waals surface area contributed by atoms with E-state index < -0.39 is 0 Å². The first-order valence-corrected chi connectivity index (χ1v) is 15.4. The van der Waals surface area contributed by atoms with Crippen LogP contribution in [0.4, 0.5) is 0 Å². The number of benzene rings is 2. The topological polar surface area (TPSA) is 25.3 Å². The average molecular weight is 517 g/mol. The van der Waals surface area contributed by atoms with Crippen molar-refractivity contribution in [3.8, 4) is 0 Å². The molecule has 0 atom stereocenters. The molecule has 1 aliphatic heterocycles. The predicted octanol–water partition coefficient (Wildman–Crippen LogP) is 10.3. The molecule has 0 amide bonds. The quantitative estimate of drug-likeness (QED) is 0.144. The van der Waals surface area contributed by atoms with Gasteiger partial charge < -0.3 is 5.53 Å². The van der Waals surface area contributed by atoms with Crippen LogP contribution in [0.1, 0.15) is 101 Å². The maximum absolute atomic E-state index is 11.3. The normalized spacial score (nSPS) is 13.2. The van der Waals surface area contributed by atoms with E-state index in [0.717, 1.165) is 54.6 Å². The monoisotopic (exact) mass is 516 g/mol. The first kappa shape index (κ1) is 29.2. The molecule has 0 unspecified atom stereocenters. The molecule has 1 heterocycles. The van der Waals surface area contributed by atoms with Crippen molar-refractivity contribution in [3.05, 3.63) is 88.0 Å². The van der Waals surface area contributed by atoms with Crippen LogP contribution in [-0.2, 0) is 27.3 Å². The molecule has 0 saturated carbocycles. The van der Waals surface area contributed by atoms with Gasteiger partial charge in [-0.25, -0.2) is 4.70 Å². The number of nitrogens with zero attached hydrogens (tertiary/aromatic N) is 2. The van der Waals surface area contributed by atoms with Gasteiger partial charge in [0.25, 0.3) is 0 Å². The molecule has 3 heteroatoms. The van der Waals surface area contributed by atoms with Crippen LogP contribution in [0.15, 0.2) is 60.2 Å². The Morgan fingerprint density at radius 3 is 1.97 bits per heavy atom. The summed E-state index contributed by atoms with van der Waals surface area (Å²) in [6.45, 7) is 6.71. The van der Waals surface area contributed by atoms with Crippen molar-refractivity contribution in [1.82, 2.24) is 0 Å². The van der Waals surface area contributed by atoms with Crippen LogP contribution in [0.2, 0.25) is 11.8 Å². The van der Waals surface area contributed by atoms with E-state index >= 15 is 0 Å². The number of unbranched alkanes of at least 4 members (excludes halogenated alkanes) is 5. The maximum atomic E-state index is 11.3. The summed E-state index contributed by atoms with van der Waals surface area (Å²) >= 11 is 1.62. The van der Waals surface area contributed by atoms with Gasteiger partial charge in [0.2, 0.25) is 11.4 Å². The second kappa shape index (κ2) is 16.6. The van der Waals surface area contributed by atoms with Crippen molar-refractivity contribution in [2.24, 2.45) is 0 Å². The molecule has 3 rings (SSSR count). The summed E-state index contributed by atoms with van der Waals surface area (Å²) < 4.78 is 1.43. The minimum absolute atomic E-state index is 0.890. The van der Waals surface area contributed by atoms with Gasteiger partial charge in [-0.3, -0.25) is 0 Å². The zero-order valence-corrected chi connectivity index (χ0v) is 23.7. The van der Waals surface area contributed by atoms with Gasteiger partial charge in [-0.05, 0) is 73.9 Å². The minimum atomic E-state index is 0.890. The Morgan fingerprint density at radius 2 is 1.31 bits per heavy atom. The zero-order valence-electron chi connectivity index (χ0n) is 22.7.